The molecule has 3 heterocycles. The average molecular weight is 625 g/mol. The first-order valence-electron chi connectivity index (χ1n) is 16.1. The van der Waals surface area contributed by atoms with Crippen molar-refractivity contribution in [2.45, 2.75) is 0 Å². The van der Waals surface area contributed by atoms with Gasteiger partial charge in [0.2, 0.25) is 0 Å². The maximum atomic E-state index is 9.74. The van der Waals surface area contributed by atoms with Crippen molar-refractivity contribution in [2.75, 3.05) is 0 Å². The van der Waals surface area contributed by atoms with Gasteiger partial charge in [0.05, 0.1) is 51.6 Å². The van der Waals surface area contributed by atoms with Crippen molar-refractivity contribution in [1.29, 1.82) is 5.26 Å². The number of nitriles is 1. The Labute approximate surface area is 280 Å². The van der Waals surface area contributed by atoms with E-state index in [9.17, 15) is 5.26 Å². The third kappa shape index (κ3) is 3.85. The van der Waals surface area contributed by atoms with Crippen LogP contribution in [0, 0.1) is 17.9 Å². The van der Waals surface area contributed by atoms with Crippen molar-refractivity contribution in [1.82, 2.24) is 9.13 Å². The Kier molecular flexibility index (Phi) is 5.64. The second-order valence-corrected chi connectivity index (χ2v) is 12.3. The fraction of sp³-hybridized carbons (Fsp3) is 0. The van der Waals surface area contributed by atoms with E-state index in [1.54, 1.807) is 0 Å². The Morgan fingerprint density at radius 3 is 1.84 bits per heavy atom. The van der Waals surface area contributed by atoms with Gasteiger partial charge in [0.1, 0.15) is 11.2 Å². The molecule has 7 aromatic carbocycles. The molecule has 0 fully saturated rings. The van der Waals surface area contributed by atoms with E-state index in [-0.39, 0.29) is 0 Å². The van der Waals surface area contributed by atoms with Crippen molar-refractivity contribution >= 4 is 71.2 Å². The molecule has 0 N–H and O–H groups in total. The Morgan fingerprint density at radius 2 is 1.08 bits per heavy atom. The molecule has 10 rings (SSSR count). The standard InChI is InChI=1S/C44H24N4O/c1-46-28-19-21-41-34(23-28)33-22-27(26-45)18-20-40(33)47(41)37-14-6-2-10-29(37)30-11-3-7-15-38(30)48-39-16-8-4-12-31(39)35-24-36-32-13-5-9-17-43(32)49-44(36)25-42(35)48/h2-25H. The molecular weight excluding hydrogens is 601 g/mol. The average Bonchev–Trinajstić information content (AvgIpc) is 3.80. The van der Waals surface area contributed by atoms with Crippen molar-refractivity contribution in [2.24, 2.45) is 0 Å². The molecule has 5 heteroatoms. The molecule has 0 unspecified atom stereocenters. The third-order valence-electron chi connectivity index (χ3n) is 9.76. The first-order chi connectivity index (χ1) is 24.2. The second-order valence-electron chi connectivity index (χ2n) is 12.3. The molecule has 49 heavy (non-hydrogen) atoms. The molecule has 0 bridgehead atoms. The highest BCUT2D eigenvalue weighted by Gasteiger charge is 2.21. The zero-order valence-corrected chi connectivity index (χ0v) is 26.1. The van der Waals surface area contributed by atoms with Crippen LogP contribution in [0.25, 0.3) is 92.9 Å². The molecule has 0 atom stereocenters. The molecule has 0 aliphatic heterocycles. The van der Waals surface area contributed by atoms with Crippen LogP contribution in [0.15, 0.2) is 150 Å². The van der Waals surface area contributed by atoms with Gasteiger partial charge in [-0.05, 0) is 66.0 Å². The summed E-state index contributed by atoms with van der Waals surface area (Å²) in [6.07, 6.45) is 0. The summed E-state index contributed by atoms with van der Waals surface area (Å²) >= 11 is 0. The fourth-order valence-corrected chi connectivity index (χ4v) is 7.65. The van der Waals surface area contributed by atoms with E-state index in [0.29, 0.717) is 11.3 Å². The number of aromatic nitrogens is 2. The van der Waals surface area contributed by atoms with Crippen LogP contribution in [0.2, 0.25) is 0 Å². The predicted molar refractivity (Wildman–Crippen MR) is 199 cm³/mol. The number of hydrogen-bond acceptors (Lipinski definition) is 2. The molecule has 0 aliphatic carbocycles. The van der Waals surface area contributed by atoms with E-state index in [1.807, 2.05) is 48.5 Å². The first kappa shape index (κ1) is 27.1. The third-order valence-corrected chi connectivity index (χ3v) is 9.76. The lowest BCUT2D eigenvalue weighted by Gasteiger charge is -2.18. The summed E-state index contributed by atoms with van der Waals surface area (Å²) in [6.45, 7) is 7.66. The molecule has 10 aromatic rings. The number of benzene rings is 7. The second kappa shape index (κ2) is 10.2. The molecule has 0 saturated heterocycles. The summed E-state index contributed by atoms with van der Waals surface area (Å²) in [4.78, 5) is 3.70. The minimum atomic E-state index is 0.567. The van der Waals surface area contributed by atoms with Crippen LogP contribution in [0.3, 0.4) is 0 Å². The van der Waals surface area contributed by atoms with Gasteiger partial charge in [0, 0.05) is 44.1 Å². The van der Waals surface area contributed by atoms with E-state index in [4.69, 9.17) is 11.0 Å². The van der Waals surface area contributed by atoms with Gasteiger partial charge < -0.3 is 13.6 Å². The first-order valence-corrected chi connectivity index (χ1v) is 16.1. The van der Waals surface area contributed by atoms with Crippen molar-refractivity contribution in [3.8, 4) is 28.6 Å². The van der Waals surface area contributed by atoms with E-state index in [0.717, 1.165) is 77.3 Å². The molecule has 0 saturated carbocycles. The largest absolute Gasteiger partial charge is 0.456 e. The van der Waals surface area contributed by atoms with Gasteiger partial charge in [-0.15, -0.1) is 0 Å². The topological polar surface area (TPSA) is 51.1 Å². The predicted octanol–water partition coefficient (Wildman–Crippen LogP) is 11.9. The number of nitrogens with zero attached hydrogens (tertiary/aromatic N) is 4. The zero-order chi connectivity index (χ0) is 32.6. The Balaban J connectivity index is 1.28. The number of rotatable bonds is 3. The van der Waals surface area contributed by atoms with E-state index in [2.05, 4.69) is 117 Å². The number of para-hydroxylation sites is 4. The zero-order valence-electron chi connectivity index (χ0n) is 26.1. The van der Waals surface area contributed by atoms with E-state index in [1.165, 1.54) is 10.8 Å². The minimum absolute atomic E-state index is 0.567. The van der Waals surface area contributed by atoms with Crippen LogP contribution >= 0.6 is 0 Å². The lowest BCUT2D eigenvalue weighted by atomic mass is 10.0. The molecular formula is C44H24N4O. The van der Waals surface area contributed by atoms with Crippen LogP contribution in [-0.4, -0.2) is 9.13 Å². The maximum Gasteiger partial charge on any atom is 0.188 e. The summed E-state index contributed by atoms with van der Waals surface area (Å²) in [5.41, 5.74) is 11.2. The molecule has 0 radical (unpaired) electrons. The molecule has 0 spiro atoms. The Hall–Kier alpha value is -7.08. The summed E-state index contributed by atoms with van der Waals surface area (Å²) in [7, 11) is 0. The van der Waals surface area contributed by atoms with Gasteiger partial charge >= 0.3 is 0 Å². The SMILES string of the molecule is [C-]#[N+]c1ccc2c(c1)c1cc(C#N)ccc1n2-c1ccccc1-c1ccccc1-n1c2ccccc2c2cc3c(cc21)oc1ccccc13. The summed E-state index contributed by atoms with van der Waals surface area (Å²) in [5, 5.41) is 16.2. The fourth-order valence-electron chi connectivity index (χ4n) is 7.65. The number of hydrogen-bond donors (Lipinski definition) is 0. The van der Waals surface area contributed by atoms with Gasteiger partial charge in [-0.1, -0.05) is 78.9 Å². The molecule has 226 valence electrons. The van der Waals surface area contributed by atoms with Gasteiger partial charge in [0.25, 0.3) is 0 Å². The van der Waals surface area contributed by atoms with Crippen LogP contribution in [0.1, 0.15) is 5.56 Å². The summed E-state index contributed by atoms with van der Waals surface area (Å²) in [6, 6.07) is 52.2. The van der Waals surface area contributed by atoms with E-state index >= 15 is 0 Å². The molecule has 5 nitrogen and oxygen atoms in total. The minimum Gasteiger partial charge on any atom is -0.456 e. The van der Waals surface area contributed by atoms with Gasteiger partial charge in [-0.2, -0.15) is 5.26 Å². The summed E-state index contributed by atoms with van der Waals surface area (Å²) < 4.78 is 11.0. The van der Waals surface area contributed by atoms with Crippen molar-refractivity contribution in [3.63, 3.8) is 0 Å². The lowest BCUT2D eigenvalue weighted by Crippen LogP contribution is -2.01. The van der Waals surface area contributed by atoms with Gasteiger partial charge in [-0.25, -0.2) is 4.85 Å². The van der Waals surface area contributed by atoms with Crippen LogP contribution in [-0.2, 0) is 0 Å². The van der Waals surface area contributed by atoms with Crippen LogP contribution in [0.4, 0.5) is 5.69 Å². The van der Waals surface area contributed by atoms with Gasteiger partial charge in [-0.3, -0.25) is 0 Å². The normalized spacial score (nSPS) is 11.6. The van der Waals surface area contributed by atoms with Crippen molar-refractivity contribution < 1.29 is 4.42 Å². The van der Waals surface area contributed by atoms with E-state index < -0.39 is 0 Å². The smallest absolute Gasteiger partial charge is 0.188 e. The highest BCUT2D eigenvalue weighted by molar-refractivity contribution is 6.18. The van der Waals surface area contributed by atoms with Crippen molar-refractivity contribution in [3.05, 3.63) is 163 Å². The highest BCUT2D eigenvalue weighted by Crippen LogP contribution is 2.43. The van der Waals surface area contributed by atoms with Crippen LogP contribution in [0.5, 0.6) is 0 Å². The number of furan rings is 1. The summed E-state index contributed by atoms with van der Waals surface area (Å²) in [5.74, 6) is 0. The quantitative estimate of drug-likeness (QED) is 0.184. The Bertz CT molecular complexity index is 3010. The maximum absolute atomic E-state index is 9.74. The Morgan fingerprint density at radius 1 is 0.490 bits per heavy atom. The molecule has 0 amide bonds. The molecule has 3 aromatic heterocycles. The lowest BCUT2D eigenvalue weighted by molar-refractivity contribution is 0.669. The molecule has 0 aliphatic rings. The monoisotopic (exact) mass is 624 g/mol. The highest BCUT2D eigenvalue weighted by atomic mass is 16.3. The number of fused-ring (bicyclic) bond motifs is 9. The van der Waals surface area contributed by atoms with Gasteiger partial charge in [0.15, 0.2) is 5.69 Å². The van der Waals surface area contributed by atoms with Crippen LogP contribution < -0.4 is 0 Å².